The molecule has 0 atom stereocenters. The molecule has 4 aliphatic rings. The number of allylic oxidation sites excluding steroid dienone is 4. The maximum atomic E-state index is 13.1. The molecule has 64 heavy (non-hydrogen) atoms. The number of aliphatic imine (C=N–C) groups is 2. The van der Waals surface area contributed by atoms with Crippen LogP contribution < -0.4 is 10.6 Å². The summed E-state index contributed by atoms with van der Waals surface area (Å²) in [5, 5.41) is 10.8. The summed E-state index contributed by atoms with van der Waals surface area (Å²) in [5.41, 5.74) is 13.1. The van der Waals surface area contributed by atoms with Crippen molar-refractivity contribution in [1.29, 1.82) is 0 Å². The van der Waals surface area contributed by atoms with E-state index in [2.05, 4.69) is 89.5 Å². The molecule has 8 aromatic rings. The van der Waals surface area contributed by atoms with Gasteiger partial charge >= 0.3 is 0 Å². The lowest BCUT2D eigenvalue weighted by molar-refractivity contribution is -0.110. The zero-order valence-electron chi connectivity index (χ0n) is 34.4. The predicted octanol–water partition coefficient (Wildman–Crippen LogP) is 11.4. The van der Waals surface area contributed by atoms with Crippen LogP contribution in [0.15, 0.2) is 228 Å². The van der Waals surface area contributed by atoms with Crippen LogP contribution in [-0.2, 0) is 10.3 Å². The van der Waals surface area contributed by atoms with Gasteiger partial charge in [0.1, 0.15) is 11.4 Å². The van der Waals surface area contributed by atoms with Crippen LogP contribution in [0.1, 0.15) is 38.9 Å². The van der Waals surface area contributed by atoms with Gasteiger partial charge in [-0.15, -0.1) is 0 Å². The van der Waals surface area contributed by atoms with E-state index in [1.807, 2.05) is 121 Å². The molecule has 0 unspecified atom stereocenters. The fraction of sp³-hybridized carbons (Fsp3) is 0.0175. The number of carbonyl (C=O) groups excluding carboxylic acids is 1. The second-order valence-electron chi connectivity index (χ2n) is 16.0. The molecule has 0 N–H and O–H groups in total. The van der Waals surface area contributed by atoms with Crippen molar-refractivity contribution in [2.75, 3.05) is 0 Å². The molecule has 7 aromatic carbocycles. The number of hydrogen-bond donors (Lipinski definition) is 0. The minimum Gasteiger partial charge on any atom is -0.306 e. The average Bonchev–Trinajstić information content (AvgIpc) is 4.16. The number of nitrogens with zero attached hydrogens (tertiary/aromatic N) is 6. The summed E-state index contributed by atoms with van der Waals surface area (Å²) in [6, 6.07) is 65.8. The van der Waals surface area contributed by atoms with Crippen LogP contribution in [0.4, 0.5) is 0 Å². The molecule has 2 radical (unpaired) electrons. The topological polar surface area (TPSA) is 87.8 Å². The Morgan fingerprint density at radius 2 is 0.797 bits per heavy atom. The quantitative estimate of drug-likeness (QED) is 0.153. The lowest BCUT2D eigenvalue weighted by Crippen LogP contribution is -2.31. The van der Waals surface area contributed by atoms with Gasteiger partial charge in [0, 0.05) is 50.1 Å². The third-order valence-electron chi connectivity index (χ3n) is 12.2. The van der Waals surface area contributed by atoms with Crippen LogP contribution in [0.3, 0.4) is 0 Å². The van der Waals surface area contributed by atoms with E-state index in [1.54, 1.807) is 12.2 Å². The van der Waals surface area contributed by atoms with Crippen LogP contribution >= 0.6 is 0 Å². The van der Waals surface area contributed by atoms with E-state index in [9.17, 15) is 4.79 Å². The van der Waals surface area contributed by atoms with Crippen molar-refractivity contribution >= 4 is 40.2 Å². The number of benzene rings is 7. The van der Waals surface area contributed by atoms with Crippen LogP contribution in [-0.4, -0.2) is 27.0 Å². The summed E-state index contributed by atoms with van der Waals surface area (Å²) in [4.78, 5) is 29.4. The first kappa shape index (κ1) is 37.1. The van der Waals surface area contributed by atoms with Crippen LogP contribution in [0, 0.1) is 0 Å². The van der Waals surface area contributed by atoms with Crippen molar-refractivity contribution in [3.63, 3.8) is 0 Å². The van der Waals surface area contributed by atoms with Gasteiger partial charge in [0.05, 0.1) is 34.2 Å². The number of fused-ring (bicyclic) bond motifs is 5. The van der Waals surface area contributed by atoms with E-state index in [1.165, 1.54) is 0 Å². The van der Waals surface area contributed by atoms with Crippen molar-refractivity contribution in [2.45, 2.75) is 5.54 Å². The van der Waals surface area contributed by atoms with E-state index in [-0.39, 0.29) is 5.78 Å². The molecule has 300 valence electrons. The molecule has 1 aromatic heterocycles. The highest BCUT2D eigenvalue weighted by Gasteiger charge is 2.46. The van der Waals surface area contributed by atoms with E-state index >= 15 is 0 Å². The monoisotopic (exact) mass is 820 g/mol. The van der Waals surface area contributed by atoms with Crippen molar-refractivity contribution < 1.29 is 4.79 Å². The number of rotatable bonds is 8. The third kappa shape index (κ3) is 6.05. The van der Waals surface area contributed by atoms with Gasteiger partial charge in [0.25, 0.3) is 0 Å². The summed E-state index contributed by atoms with van der Waals surface area (Å²) in [7, 11) is 0. The number of ketones is 1. The molecule has 0 bridgehead atoms. The lowest BCUT2D eigenvalue weighted by Gasteiger charge is -2.30. The molecular formula is C57H36N6O. The molecule has 3 aliphatic heterocycles. The largest absolute Gasteiger partial charge is 0.306 e. The first-order chi connectivity index (χ1) is 31.6. The van der Waals surface area contributed by atoms with Gasteiger partial charge < -0.3 is 4.57 Å². The van der Waals surface area contributed by atoms with Crippen molar-refractivity contribution in [3.8, 4) is 33.9 Å². The smallest absolute Gasteiger partial charge is 0.178 e. The molecule has 0 saturated heterocycles. The van der Waals surface area contributed by atoms with Crippen LogP contribution in [0.5, 0.6) is 0 Å². The Balaban J connectivity index is 1.13. The minimum absolute atomic E-state index is 0.0754. The predicted molar refractivity (Wildman–Crippen MR) is 256 cm³/mol. The fourth-order valence-corrected chi connectivity index (χ4v) is 9.20. The Morgan fingerprint density at radius 1 is 0.406 bits per heavy atom. The third-order valence-corrected chi connectivity index (χ3v) is 12.2. The molecule has 12 rings (SSSR count). The molecule has 7 nitrogen and oxygen atoms in total. The Hall–Kier alpha value is -8.68. The zero-order chi connectivity index (χ0) is 42.6. The van der Waals surface area contributed by atoms with E-state index in [0.29, 0.717) is 11.7 Å². The molecule has 4 heterocycles. The van der Waals surface area contributed by atoms with Crippen LogP contribution in [0.2, 0.25) is 0 Å². The number of carbonyl (C=O) groups is 1. The number of imidazole rings is 1. The zero-order valence-corrected chi connectivity index (χ0v) is 34.4. The fourth-order valence-electron chi connectivity index (χ4n) is 9.20. The van der Waals surface area contributed by atoms with Crippen molar-refractivity contribution in [2.24, 2.45) is 9.98 Å². The average molecular weight is 821 g/mol. The standard InChI is InChI=1S/C57H36N6O/c64-43-31-33-57(34-32-43)47-36-45(55-60-50(39-23-11-3-12-24-39)51(61-55)40-25-13-4-14-26-40)44(54-58-48(37-19-7-1-8-20-37)49(59-54)38-21-9-2-10-22-38)35-46(47)56-62-52(41-27-15-5-16-28-41)53(63(56)57)42-29-17-6-18-30-42/h1-36H. The maximum absolute atomic E-state index is 13.1. The first-order valence-corrected chi connectivity index (χ1v) is 21.3. The lowest BCUT2D eigenvalue weighted by atomic mass is 9.82. The van der Waals surface area contributed by atoms with Crippen molar-refractivity contribution in [3.05, 3.63) is 257 Å². The Labute approximate surface area is 370 Å². The van der Waals surface area contributed by atoms with Gasteiger partial charge in [-0.05, 0) is 42.0 Å². The van der Waals surface area contributed by atoms with Gasteiger partial charge in [-0.25, -0.2) is 25.6 Å². The normalized spacial score (nSPS) is 15.5. The molecule has 0 fully saturated rings. The van der Waals surface area contributed by atoms with Gasteiger partial charge in [-0.1, -0.05) is 182 Å². The summed E-state index contributed by atoms with van der Waals surface area (Å²) >= 11 is 0. The summed E-state index contributed by atoms with van der Waals surface area (Å²) in [6.07, 6.45) is 7.35. The minimum atomic E-state index is -0.925. The molecule has 1 aliphatic carbocycles. The summed E-state index contributed by atoms with van der Waals surface area (Å²) in [5.74, 6) is 1.77. The Kier molecular flexibility index (Phi) is 8.72. The Morgan fingerprint density at radius 3 is 1.25 bits per heavy atom. The van der Waals surface area contributed by atoms with Gasteiger partial charge in [0.15, 0.2) is 17.5 Å². The van der Waals surface area contributed by atoms with Gasteiger partial charge in [0.2, 0.25) is 0 Å². The molecule has 7 heteroatoms. The SMILES string of the molecule is O=C1C=CC2(C=C1)c1cc(C3=NC(c4ccccc4)=C(c4ccccc4)[N]3)c(C3=NC(c4ccccc4)=C(c4ccccc4)[N]3)cc1-c1nc(-c3ccccc3)c(-c3ccccc3)n12. The molecule has 1 spiro atoms. The highest BCUT2D eigenvalue weighted by Crippen LogP contribution is 2.53. The molecular weight excluding hydrogens is 785 g/mol. The van der Waals surface area contributed by atoms with Crippen LogP contribution in [0.25, 0.3) is 56.7 Å². The second kappa shape index (κ2) is 15.0. The van der Waals surface area contributed by atoms with E-state index in [4.69, 9.17) is 25.6 Å². The van der Waals surface area contributed by atoms with E-state index < -0.39 is 5.54 Å². The highest BCUT2D eigenvalue weighted by molar-refractivity contribution is 6.23. The molecule has 0 amide bonds. The number of hydrogen-bond acceptors (Lipinski definition) is 4. The maximum Gasteiger partial charge on any atom is 0.178 e. The number of amidine groups is 2. The first-order valence-electron chi connectivity index (χ1n) is 21.3. The molecule has 0 saturated carbocycles. The highest BCUT2D eigenvalue weighted by atomic mass is 16.1. The van der Waals surface area contributed by atoms with Crippen molar-refractivity contribution in [1.82, 2.24) is 20.2 Å². The number of aromatic nitrogens is 2. The van der Waals surface area contributed by atoms with Gasteiger partial charge in [-0.2, -0.15) is 0 Å². The summed E-state index contributed by atoms with van der Waals surface area (Å²) in [6.45, 7) is 0. The van der Waals surface area contributed by atoms with Gasteiger partial charge in [-0.3, -0.25) is 4.79 Å². The second-order valence-corrected chi connectivity index (χ2v) is 16.0. The Bertz CT molecular complexity index is 3330. The summed E-state index contributed by atoms with van der Waals surface area (Å²) < 4.78 is 2.29. The van der Waals surface area contributed by atoms with E-state index in [0.717, 1.165) is 95.6 Å².